The van der Waals surface area contributed by atoms with Crippen molar-refractivity contribution in [2.45, 2.75) is 12.3 Å². The monoisotopic (exact) mass is 372 g/mol. The number of ether oxygens (including phenoxy) is 2. The van der Waals surface area contributed by atoms with Crippen molar-refractivity contribution in [3.8, 4) is 11.5 Å². The molecule has 1 fully saturated rings. The van der Waals surface area contributed by atoms with E-state index in [-0.39, 0.29) is 17.2 Å². The van der Waals surface area contributed by atoms with Gasteiger partial charge in [0.25, 0.3) is 0 Å². The zero-order chi connectivity index (χ0) is 18.7. The summed E-state index contributed by atoms with van der Waals surface area (Å²) in [6.45, 7) is 1.47. The van der Waals surface area contributed by atoms with E-state index in [1.165, 1.54) is 6.92 Å². The molecule has 0 spiro atoms. The van der Waals surface area contributed by atoms with Crippen LogP contribution in [-0.2, 0) is 9.59 Å². The van der Waals surface area contributed by atoms with Crippen molar-refractivity contribution in [2.75, 3.05) is 30.2 Å². The molecule has 1 aliphatic rings. The van der Waals surface area contributed by atoms with Gasteiger partial charge in [0.1, 0.15) is 16.9 Å². The number of nitrogens with zero attached hydrogens (tertiary/aromatic N) is 1. The summed E-state index contributed by atoms with van der Waals surface area (Å²) >= 11 is 1.56. The molecular weight excluding hydrogens is 352 g/mol. The number of nitrogens with one attached hydrogen (secondary N) is 1. The Morgan fingerprint density at radius 3 is 2.50 bits per heavy atom. The van der Waals surface area contributed by atoms with E-state index in [4.69, 9.17) is 9.47 Å². The zero-order valence-electron chi connectivity index (χ0n) is 14.8. The smallest absolute Gasteiger partial charge is 0.238 e. The highest BCUT2D eigenvalue weighted by atomic mass is 32.2. The summed E-state index contributed by atoms with van der Waals surface area (Å²) in [5.74, 6) is 1.55. The highest BCUT2D eigenvalue weighted by molar-refractivity contribution is 8.00. The van der Waals surface area contributed by atoms with Gasteiger partial charge in [-0.25, -0.2) is 0 Å². The van der Waals surface area contributed by atoms with E-state index in [0.29, 0.717) is 22.9 Å². The molecule has 2 amide bonds. The number of carbonyl (C=O) groups is 2. The third kappa shape index (κ3) is 3.62. The number of hydrogen-bond donors (Lipinski definition) is 1. The lowest BCUT2D eigenvalue weighted by Crippen LogP contribution is -2.28. The zero-order valence-corrected chi connectivity index (χ0v) is 15.6. The number of thioether (sulfide) groups is 1. The lowest BCUT2D eigenvalue weighted by atomic mass is 10.1. The Kier molecular flexibility index (Phi) is 5.37. The Hall–Kier alpha value is -2.67. The van der Waals surface area contributed by atoms with Crippen LogP contribution >= 0.6 is 11.8 Å². The van der Waals surface area contributed by atoms with Gasteiger partial charge in [-0.15, -0.1) is 11.8 Å². The van der Waals surface area contributed by atoms with Gasteiger partial charge in [0.15, 0.2) is 0 Å². The van der Waals surface area contributed by atoms with Crippen molar-refractivity contribution < 1.29 is 19.1 Å². The summed E-state index contributed by atoms with van der Waals surface area (Å²) in [7, 11) is 3.16. The Morgan fingerprint density at radius 1 is 1.15 bits per heavy atom. The van der Waals surface area contributed by atoms with Crippen LogP contribution in [0.3, 0.4) is 0 Å². The maximum atomic E-state index is 12.6. The first-order valence-corrected chi connectivity index (χ1v) is 9.11. The van der Waals surface area contributed by atoms with Crippen LogP contribution in [0, 0.1) is 0 Å². The molecule has 0 unspecified atom stereocenters. The number of amides is 2. The molecule has 136 valence electrons. The molecule has 1 atom stereocenters. The van der Waals surface area contributed by atoms with Gasteiger partial charge in [-0.3, -0.25) is 14.5 Å². The minimum atomic E-state index is -0.156. The molecule has 1 saturated heterocycles. The molecule has 26 heavy (non-hydrogen) atoms. The van der Waals surface area contributed by atoms with Crippen LogP contribution in [0.2, 0.25) is 0 Å². The first kappa shape index (κ1) is 18.1. The number of rotatable bonds is 5. The van der Waals surface area contributed by atoms with Gasteiger partial charge in [-0.2, -0.15) is 0 Å². The third-order valence-corrected chi connectivity index (χ3v) is 5.24. The summed E-state index contributed by atoms with van der Waals surface area (Å²) in [6, 6.07) is 12.9. The van der Waals surface area contributed by atoms with Gasteiger partial charge in [0.05, 0.1) is 25.7 Å². The summed E-state index contributed by atoms with van der Waals surface area (Å²) in [4.78, 5) is 25.5. The number of anilines is 2. The SMILES string of the molecule is COc1ccc(N2C(=O)CS[C@H]2c2ccc(NC(C)=O)cc2)c(OC)c1. The van der Waals surface area contributed by atoms with E-state index < -0.39 is 0 Å². The van der Waals surface area contributed by atoms with Gasteiger partial charge >= 0.3 is 0 Å². The highest BCUT2D eigenvalue weighted by Crippen LogP contribution is 2.45. The molecule has 7 heteroatoms. The molecule has 3 rings (SSSR count). The molecule has 0 aliphatic carbocycles. The van der Waals surface area contributed by atoms with Gasteiger partial charge < -0.3 is 14.8 Å². The van der Waals surface area contributed by atoms with Crippen molar-refractivity contribution >= 4 is 35.0 Å². The Balaban J connectivity index is 1.93. The van der Waals surface area contributed by atoms with Crippen LogP contribution < -0.4 is 19.7 Å². The minimum absolute atomic E-state index is 0.0226. The number of methoxy groups -OCH3 is 2. The predicted octanol–water partition coefficient (Wildman–Crippen LogP) is 3.44. The van der Waals surface area contributed by atoms with E-state index in [1.54, 1.807) is 36.9 Å². The largest absolute Gasteiger partial charge is 0.497 e. The van der Waals surface area contributed by atoms with Crippen LogP contribution in [0.5, 0.6) is 11.5 Å². The fourth-order valence-electron chi connectivity index (χ4n) is 2.85. The number of hydrogen-bond acceptors (Lipinski definition) is 5. The van der Waals surface area contributed by atoms with Crippen LogP contribution in [0.15, 0.2) is 42.5 Å². The summed E-state index contributed by atoms with van der Waals surface area (Å²) in [6.07, 6.45) is 0. The first-order chi connectivity index (χ1) is 12.5. The van der Waals surface area contributed by atoms with Crippen molar-refractivity contribution in [3.05, 3.63) is 48.0 Å². The number of benzene rings is 2. The lowest BCUT2D eigenvalue weighted by molar-refractivity contribution is -0.116. The Labute approximate surface area is 156 Å². The second-order valence-corrected chi connectivity index (χ2v) is 6.84. The highest BCUT2D eigenvalue weighted by Gasteiger charge is 2.35. The van der Waals surface area contributed by atoms with Crippen LogP contribution in [0.4, 0.5) is 11.4 Å². The van der Waals surface area contributed by atoms with Crippen LogP contribution in [0.25, 0.3) is 0 Å². The fraction of sp³-hybridized carbons (Fsp3) is 0.263. The van der Waals surface area contributed by atoms with E-state index in [9.17, 15) is 9.59 Å². The Bertz CT molecular complexity index is 823. The molecule has 2 aromatic carbocycles. The van der Waals surface area contributed by atoms with Gasteiger partial charge in [0, 0.05) is 18.7 Å². The van der Waals surface area contributed by atoms with Gasteiger partial charge in [0.2, 0.25) is 11.8 Å². The summed E-state index contributed by atoms with van der Waals surface area (Å²) in [5.41, 5.74) is 2.41. The molecular formula is C19H20N2O4S. The van der Waals surface area contributed by atoms with Gasteiger partial charge in [-0.05, 0) is 29.8 Å². The molecule has 0 aromatic heterocycles. The lowest BCUT2D eigenvalue weighted by Gasteiger charge is -2.26. The summed E-state index contributed by atoms with van der Waals surface area (Å²) < 4.78 is 10.7. The topological polar surface area (TPSA) is 67.9 Å². The van der Waals surface area contributed by atoms with Crippen LogP contribution in [0.1, 0.15) is 17.9 Å². The second kappa shape index (κ2) is 7.70. The van der Waals surface area contributed by atoms with E-state index >= 15 is 0 Å². The van der Waals surface area contributed by atoms with Crippen LogP contribution in [-0.4, -0.2) is 31.8 Å². The molecule has 0 saturated carbocycles. The predicted molar refractivity (Wildman–Crippen MR) is 103 cm³/mol. The first-order valence-electron chi connectivity index (χ1n) is 8.06. The molecule has 2 aromatic rings. The molecule has 0 radical (unpaired) electrons. The van der Waals surface area contributed by atoms with Crippen molar-refractivity contribution in [1.82, 2.24) is 0 Å². The maximum absolute atomic E-state index is 12.6. The fourth-order valence-corrected chi connectivity index (χ4v) is 4.02. The quantitative estimate of drug-likeness (QED) is 0.871. The normalized spacial score (nSPS) is 16.5. The molecule has 1 heterocycles. The van der Waals surface area contributed by atoms with E-state index in [1.807, 2.05) is 36.4 Å². The van der Waals surface area contributed by atoms with Crippen molar-refractivity contribution in [1.29, 1.82) is 0 Å². The van der Waals surface area contributed by atoms with Gasteiger partial charge in [-0.1, -0.05) is 12.1 Å². The minimum Gasteiger partial charge on any atom is -0.497 e. The Morgan fingerprint density at radius 2 is 1.88 bits per heavy atom. The summed E-state index contributed by atoms with van der Waals surface area (Å²) in [5, 5.41) is 2.59. The van der Waals surface area contributed by atoms with E-state index in [2.05, 4.69) is 5.32 Å². The van der Waals surface area contributed by atoms with Crippen molar-refractivity contribution in [2.24, 2.45) is 0 Å². The second-order valence-electron chi connectivity index (χ2n) is 5.77. The maximum Gasteiger partial charge on any atom is 0.238 e. The molecule has 1 aliphatic heterocycles. The average molecular weight is 372 g/mol. The number of carbonyl (C=O) groups excluding carboxylic acids is 2. The molecule has 6 nitrogen and oxygen atoms in total. The molecule has 0 bridgehead atoms. The van der Waals surface area contributed by atoms with Crippen molar-refractivity contribution in [3.63, 3.8) is 0 Å². The molecule has 1 N–H and O–H groups in total. The standard InChI is InChI=1S/C19H20N2O4S/c1-12(22)20-14-6-4-13(5-7-14)19-21(18(23)11-26-19)16-9-8-15(24-2)10-17(16)25-3/h4-10,19H,11H2,1-3H3,(H,20,22)/t19-/m0/s1. The van der Waals surface area contributed by atoms with E-state index in [0.717, 1.165) is 11.3 Å². The average Bonchev–Trinajstić information content (AvgIpc) is 3.02. The third-order valence-electron chi connectivity index (χ3n) is 4.03.